The molecule has 0 spiro atoms. The number of carbonyl (C=O) groups excluding carboxylic acids is 1. The molecule has 2 rings (SSSR count). The van der Waals surface area contributed by atoms with Crippen molar-refractivity contribution in [2.45, 2.75) is 19.5 Å². The van der Waals surface area contributed by atoms with Crippen LogP contribution in [0.4, 0.5) is 0 Å². The Hall–Kier alpha value is -1.47. The molecule has 1 saturated heterocycles. The molecule has 1 aromatic rings. The highest BCUT2D eigenvalue weighted by atomic mass is 16.5. The monoisotopic (exact) mass is 239 g/mol. The first-order valence-corrected chi connectivity index (χ1v) is 5.79. The van der Waals surface area contributed by atoms with Crippen molar-refractivity contribution >= 4 is 5.91 Å². The van der Waals surface area contributed by atoms with Crippen molar-refractivity contribution in [1.82, 2.24) is 25.7 Å². The molecule has 1 aromatic heterocycles. The predicted molar refractivity (Wildman–Crippen MR) is 60.0 cm³/mol. The number of hydrogen-bond donors (Lipinski definition) is 2. The minimum atomic E-state index is -0.171. The third-order valence-electron chi connectivity index (χ3n) is 2.75. The van der Waals surface area contributed by atoms with Gasteiger partial charge in [-0.25, -0.2) is 0 Å². The van der Waals surface area contributed by atoms with Gasteiger partial charge < -0.3 is 15.2 Å². The van der Waals surface area contributed by atoms with E-state index in [1.54, 1.807) is 0 Å². The highest BCUT2D eigenvalue weighted by Gasteiger charge is 2.29. The first kappa shape index (κ1) is 12.0. The number of likely N-dealkylation sites (N-methyl/N-ethyl adjacent to an activating group) is 1. The zero-order valence-corrected chi connectivity index (χ0v) is 9.85. The van der Waals surface area contributed by atoms with Gasteiger partial charge in [0.2, 0.25) is 11.8 Å². The zero-order chi connectivity index (χ0) is 12.1. The summed E-state index contributed by atoms with van der Waals surface area (Å²) in [6.45, 7) is 5.39. The molecule has 7 heteroatoms. The number of amides is 1. The third-order valence-corrected chi connectivity index (χ3v) is 2.75. The number of piperazine rings is 1. The predicted octanol–water partition coefficient (Wildman–Crippen LogP) is -1.02. The van der Waals surface area contributed by atoms with Crippen LogP contribution in [0, 0.1) is 0 Å². The number of hydrogen-bond acceptors (Lipinski definition) is 6. The Balaban J connectivity index is 1.99. The molecule has 1 amide bonds. The van der Waals surface area contributed by atoms with Crippen LogP contribution < -0.4 is 10.6 Å². The van der Waals surface area contributed by atoms with Crippen LogP contribution in [-0.2, 0) is 11.3 Å². The fourth-order valence-corrected chi connectivity index (χ4v) is 1.93. The number of aromatic nitrogens is 2. The molecule has 0 bridgehead atoms. The number of carbonyl (C=O) groups is 1. The summed E-state index contributed by atoms with van der Waals surface area (Å²) in [5, 5.41) is 9.62. The fraction of sp³-hybridized carbons (Fsp3) is 0.700. The molecule has 2 heterocycles. The van der Waals surface area contributed by atoms with Gasteiger partial charge in [0, 0.05) is 26.2 Å². The smallest absolute Gasteiger partial charge is 0.240 e. The molecule has 0 aliphatic carbocycles. The summed E-state index contributed by atoms with van der Waals surface area (Å²) < 4.78 is 4.97. The molecule has 94 valence electrons. The Morgan fingerprint density at radius 1 is 1.76 bits per heavy atom. The van der Waals surface area contributed by atoms with Gasteiger partial charge in [-0.3, -0.25) is 9.69 Å². The van der Waals surface area contributed by atoms with Gasteiger partial charge >= 0.3 is 0 Å². The topological polar surface area (TPSA) is 83.3 Å². The molecule has 1 unspecified atom stereocenters. The Morgan fingerprint density at radius 2 is 2.65 bits per heavy atom. The van der Waals surface area contributed by atoms with E-state index in [1.165, 1.54) is 6.33 Å². The Morgan fingerprint density at radius 3 is 3.35 bits per heavy atom. The minimum Gasteiger partial charge on any atom is -0.355 e. The minimum absolute atomic E-state index is 0.0409. The van der Waals surface area contributed by atoms with Crippen LogP contribution in [0.15, 0.2) is 10.9 Å². The van der Waals surface area contributed by atoms with Crippen molar-refractivity contribution in [2.24, 2.45) is 0 Å². The van der Waals surface area contributed by atoms with Crippen molar-refractivity contribution in [2.75, 3.05) is 26.2 Å². The second-order valence-electron chi connectivity index (χ2n) is 3.92. The van der Waals surface area contributed by atoms with Crippen molar-refractivity contribution in [3.8, 4) is 0 Å². The highest BCUT2D eigenvalue weighted by Crippen LogP contribution is 2.08. The van der Waals surface area contributed by atoms with Crippen LogP contribution in [0.25, 0.3) is 0 Å². The normalized spacial score (nSPS) is 21.4. The van der Waals surface area contributed by atoms with Crippen LogP contribution in [0.5, 0.6) is 0 Å². The van der Waals surface area contributed by atoms with Crippen LogP contribution in [0.2, 0.25) is 0 Å². The number of rotatable bonds is 4. The third kappa shape index (κ3) is 3.01. The summed E-state index contributed by atoms with van der Waals surface area (Å²) in [4.78, 5) is 17.9. The lowest BCUT2D eigenvalue weighted by Crippen LogP contribution is -2.57. The second kappa shape index (κ2) is 5.74. The molecule has 0 saturated carbocycles. The first-order chi connectivity index (χ1) is 8.31. The van der Waals surface area contributed by atoms with E-state index < -0.39 is 0 Å². The summed E-state index contributed by atoms with van der Waals surface area (Å²) in [6, 6.07) is -0.171. The largest absolute Gasteiger partial charge is 0.355 e. The van der Waals surface area contributed by atoms with E-state index in [2.05, 4.69) is 25.7 Å². The van der Waals surface area contributed by atoms with Gasteiger partial charge in [0.1, 0.15) is 6.04 Å². The number of nitrogens with zero attached hydrogens (tertiary/aromatic N) is 3. The zero-order valence-electron chi connectivity index (χ0n) is 9.85. The van der Waals surface area contributed by atoms with Gasteiger partial charge in [-0.2, -0.15) is 4.98 Å². The van der Waals surface area contributed by atoms with E-state index in [4.69, 9.17) is 4.52 Å². The lowest BCUT2D eigenvalue weighted by Gasteiger charge is -2.33. The standard InChI is InChI=1S/C10H17N5O2/c1-2-12-10(16)8-5-11-3-4-15(8)6-9-13-7-14-17-9/h7-8,11H,2-6H2,1H3,(H,12,16). The summed E-state index contributed by atoms with van der Waals surface area (Å²) in [5.74, 6) is 0.584. The van der Waals surface area contributed by atoms with Crippen LogP contribution in [0.1, 0.15) is 12.8 Å². The fourth-order valence-electron chi connectivity index (χ4n) is 1.93. The Kier molecular flexibility index (Phi) is 4.05. The quantitative estimate of drug-likeness (QED) is 0.699. The summed E-state index contributed by atoms with van der Waals surface area (Å²) >= 11 is 0. The lowest BCUT2D eigenvalue weighted by atomic mass is 10.1. The van der Waals surface area contributed by atoms with Gasteiger partial charge in [-0.1, -0.05) is 5.16 Å². The van der Waals surface area contributed by atoms with Gasteiger partial charge in [-0.05, 0) is 6.92 Å². The maximum absolute atomic E-state index is 11.9. The SMILES string of the molecule is CCNC(=O)C1CNCCN1Cc1ncno1. The van der Waals surface area contributed by atoms with Crippen LogP contribution in [-0.4, -0.2) is 53.2 Å². The Bertz CT molecular complexity index is 354. The lowest BCUT2D eigenvalue weighted by molar-refractivity contribution is -0.127. The molecule has 2 N–H and O–H groups in total. The van der Waals surface area contributed by atoms with Crippen LogP contribution in [0.3, 0.4) is 0 Å². The molecule has 7 nitrogen and oxygen atoms in total. The molecular formula is C10H17N5O2. The van der Waals surface area contributed by atoms with Crippen molar-refractivity contribution in [3.05, 3.63) is 12.2 Å². The Labute approximate surface area is 99.6 Å². The molecular weight excluding hydrogens is 222 g/mol. The molecule has 1 atom stereocenters. The average molecular weight is 239 g/mol. The van der Waals surface area contributed by atoms with E-state index in [0.29, 0.717) is 25.5 Å². The molecule has 1 fully saturated rings. The average Bonchev–Trinajstić information content (AvgIpc) is 2.83. The highest BCUT2D eigenvalue weighted by molar-refractivity contribution is 5.82. The molecule has 0 aromatic carbocycles. The first-order valence-electron chi connectivity index (χ1n) is 5.79. The van der Waals surface area contributed by atoms with E-state index >= 15 is 0 Å². The molecule has 1 aliphatic heterocycles. The number of nitrogens with one attached hydrogen (secondary N) is 2. The van der Waals surface area contributed by atoms with Crippen molar-refractivity contribution in [3.63, 3.8) is 0 Å². The van der Waals surface area contributed by atoms with Gasteiger partial charge in [0.15, 0.2) is 6.33 Å². The summed E-state index contributed by atoms with van der Waals surface area (Å²) in [6.07, 6.45) is 1.37. The van der Waals surface area contributed by atoms with E-state index in [1.807, 2.05) is 6.92 Å². The van der Waals surface area contributed by atoms with Crippen LogP contribution >= 0.6 is 0 Å². The molecule has 17 heavy (non-hydrogen) atoms. The summed E-state index contributed by atoms with van der Waals surface area (Å²) in [5.41, 5.74) is 0. The van der Waals surface area contributed by atoms with Crippen molar-refractivity contribution < 1.29 is 9.32 Å². The maximum Gasteiger partial charge on any atom is 0.240 e. The maximum atomic E-state index is 11.9. The van der Waals surface area contributed by atoms with E-state index in [0.717, 1.165) is 13.1 Å². The second-order valence-corrected chi connectivity index (χ2v) is 3.92. The molecule has 0 radical (unpaired) electrons. The van der Waals surface area contributed by atoms with Gasteiger partial charge in [-0.15, -0.1) is 0 Å². The summed E-state index contributed by atoms with van der Waals surface area (Å²) in [7, 11) is 0. The van der Waals surface area contributed by atoms with Gasteiger partial charge in [0.05, 0.1) is 6.54 Å². The van der Waals surface area contributed by atoms with Crippen molar-refractivity contribution in [1.29, 1.82) is 0 Å². The van der Waals surface area contributed by atoms with E-state index in [9.17, 15) is 4.79 Å². The van der Waals surface area contributed by atoms with E-state index in [-0.39, 0.29) is 11.9 Å². The molecule has 1 aliphatic rings. The van der Waals surface area contributed by atoms with Gasteiger partial charge in [0.25, 0.3) is 0 Å².